The third-order valence-electron chi connectivity index (χ3n) is 22.0. The van der Waals surface area contributed by atoms with Crippen LogP contribution in [0, 0.1) is 42.6 Å². The van der Waals surface area contributed by atoms with Crippen molar-refractivity contribution >= 4 is 87.7 Å². The van der Waals surface area contributed by atoms with Crippen LogP contribution in [-0.2, 0) is 17.3 Å². The predicted molar refractivity (Wildman–Crippen MR) is 312 cm³/mol. The van der Waals surface area contributed by atoms with Gasteiger partial charge in [-0.2, -0.15) is 0 Å². The van der Waals surface area contributed by atoms with Crippen molar-refractivity contribution in [1.29, 1.82) is 0 Å². The second-order valence-electron chi connectivity index (χ2n) is 28.5. The van der Waals surface area contributed by atoms with E-state index in [1.807, 2.05) is 0 Å². The molecule has 0 unspecified atom stereocenters. The van der Waals surface area contributed by atoms with Crippen molar-refractivity contribution in [3.05, 3.63) is 169 Å². The van der Waals surface area contributed by atoms with E-state index in [2.05, 4.69) is 148 Å². The fraction of sp³-hybridized carbons (Fsp3) is 0.389. The lowest BCUT2D eigenvalue weighted by Crippen LogP contribution is -2.48. The molecule has 0 aliphatic heterocycles. The summed E-state index contributed by atoms with van der Waals surface area (Å²) in [6.45, 7) is 25.9. The number of aromatic nitrogens is 2. The number of ketones is 1. The van der Waals surface area contributed by atoms with Gasteiger partial charge in [0.15, 0.2) is 11.5 Å². The summed E-state index contributed by atoms with van der Waals surface area (Å²) < 4.78 is 5.33. The largest absolute Gasteiger partial charge is 0.309 e. The molecule has 0 saturated heterocycles. The van der Waals surface area contributed by atoms with Crippen LogP contribution >= 0.6 is 0 Å². The quantitative estimate of drug-likeness (QED) is 0.159. The summed E-state index contributed by atoms with van der Waals surface area (Å²) >= 11 is 0. The summed E-state index contributed by atoms with van der Waals surface area (Å²) in [6.07, 6.45) is 13.4. The molecular formula is C72H65N3O. The lowest BCUT2D eigenvalue weighted by Gasteiger charge is -2.57. The molecule has 10 aliphatic rings. The Bertz CT molecular complexity index is 4480. The molecule has 374 valence electrons. The maximum absolute atomic E-state index is 14.8. The minimum atomic E-state index is -0.116. The molecule has 21 rings (SSSR count). The van der Waals surface area contributed by atoms with E-state index in [1.165, 1.54) is 170 Å². The van der Waals surface area contributed by atoms with Crippen molar-refractivity contribution in [1.82, 2.24) is 8.80 Å². The van der Waals surface area contributed by atoms with Gasteiger partial charge in [0.2, 0.25) is 0 Å². The molecule has 0 atom stereocenters. The maximum Gasteiger partial charge on any atom is 0.196 e. The maximum atomic E-state index is 14.8. The summed E-state index contributed by atoms with van der Waals surface area (Å²) in [5.41, 5.74) is 24.3. The van der Waals surface area contributed by atoms with Crippen LogP contribution in [0.1, 0.15) is 195 Å². The Morgan fingerprint density at radius 3 is 1.64 bits per heavy atom. The number of benzene rings is 7. The first-order chi connectivity index (χ1) is 36.7. The first kappa shape index (κ1) is 43.4. The first-order valence-corrected chi connectivity index (χ1v) is 29.3. The van der Waals surface area contributed by atoms with E-state index in [1.54, 1.807) is 5.56 Å². The standard InChI is InChI=1S/C72H65N3O/c1-35-58-47(39-17-19-40(20-18-39)69(58)76)28-53-52-27-42(72-31-36-21-37(32-72)23-38(22-36)33-72)26-51-49-30-57-48(29-56(49)74(65(35)53)66(51)52)50-24-41(71(5,6)7)25-54-61-62-59-43-13-9-11-15-45(43)60(46-16-12-10-14-44(46)59)63(62)64(73-8)55(34-70(2,3)4)68(61)75(57)67(50)54/h9-16,24-30,36-40,59-60H,17-23,31-34H2,1-7H3. The molecular weight excluding hydrogens is 923 g/mol. The average molecular weight is 988 g/mol. The van der Waals surface area contributed by atoms with Gasteiger partial charge in [-0.25, -0.2) is 4.85 Å². The van der Waals surface area contributed by atoms with Gasteiger partial charge in [-0.15, -0.1) is 0 Å². The molecule has 4 heterocycles. The van der Waals surface area contributed by atoms with Gasteiger partial charge in [-0.3, -0.25) is 4.79 Å². The zero-order valence-electron chi connectivity index (χ0n) is 45.2. The summed E-state index contributed by atoms with van der Waals surface area (Å²) in [4.78, 5) is 19.6. The fourth-order valence-corrected chi connectivity index (χ4v) is 19.5. The summed E-state index contributed by atoms with van der Waals surface area (Å²) in [5, 5.41) is 10.7. The number of carbonyl (C=O) groups excluding carboxylic acids is 1. The fourth-order valence-electron chi connectivity index (χ4n) is 19.5. The van der Waals surface area contributed by atoms with Gasteiger partial charge in [0.05, 0.1) is 34.2 Å². The number of nitrogens with zero attached hydrogens (tertiary/aromatic N) is 3. The molecule has 76 heavy (non-hydrogen) atoms. The van der Waals surface area contributed by atoms with Crippen molar-refractivity contribution in [2.24, 2.45) is 29.1 Å². The van der Waals surface area contributed by atoms with Gasteiger partial charge < -0.3 is 8.80 Å². The number of hydrogen-bond acceptors (Lipinski definition) is 1. The van der Waals surface area contributed by atoms with Crippen molar-refractivity contribution in [3.8, 4) is 0 Å². The second-order valence-corrected chi connectivity index (χ2v) is 28.5. The molecule has 7 aromatic carbocycles. The lowest BCUT2D eigenvalue weighted by molar-refractivity contribution is -0.00508. The Morgan fingerprint density at radius 1 is 0.579 bits per heavy atom. The van der Waals surface area contributed by atoms with Gasteiger partial charge in [0.1, 0.15) is 0 Å². The van der Waals surface area contributed by atoms with Gasteiger partial charge in [-0.05, 0) is 221 Å². The van der Waals surface area contributed by atoms with E-state index in [0.717, 1.165) is 61.1 Å². The molecule has 5 saturated carbocycles. The van der Waals surface area contributed by atoms with E-state index in [-0.39, 0.29) is 34.0 Å². The van der Waals surface area contributed by atoms with Gasteiger partial charge >= 0.3 is 0 Å². The molecule has 4 nitrogen and oxygen atoms in total. The molecule has 4 heteroatoms. The first-order valence-electron chi connectivity index (χ1n) is 29.3. The molecule has 4 aromatic heterocycles. The number of hydrogen-bond donors (Lipinski definition) is 0. The van der Waals surface area contributed by atoms with Crippen LogP contribution in [-0.4, -0.2) is 14.6 Å². The number of rotatable bonds is 2. The zero-order chi connectivity index (χ0) is 51.0. The predicted octanol–water partition coefficient (Wildman–Crippen LogP) is 18.7. The number of carbonyl (C=O) groups is 1. The molecule has 8 bridgehead atoms. The summed E-state index contributed by atoms with van der Waals surface area (Å²) in [6, 6.07) is 36.6. The van der Waals surface area contributed by atoms with Crippen LogP contribution in [0.25, 0.3) is 81.0 Å². The van der Waals surface area contributed by atoms with Crippen LogP contribution in [0.4, 0.5) is 5.69 Å². The van der Waals surface area contributed by atoms with Crippen LogP contribution in [0.15, 0.2) is 91.0 Å². The second kappa shape index (κ2) is 13.9. The Morgan fingerprint density at radius 2 is 1.08 bits per heavy atom. The van der Waals surface area contributed by atoms with Crippen molar-refractivity contribution in [2.75, 3.05) is 0 Å². The average Bonchev–Trinajstić information content (AvgIpc) is 4.16. The lowest BCUT2D eigenvalue weighted by atomic mass is 9.48. The molecule has 0 amide bonds. The van der Waals surface area contributed by atoms with Crippen LogP contribution < -0.4 is 0 Å². The molecule has 10 aliphatic carbocycles. The monoisotopic (exact) mass is 988 g/mol. The topological polar surface area (TPSA) is 30.2 Å². The van der Waals surface area contributed by atoms with E-state index < -0.39 is 0 Å². The van der Waals surface area contributed by atoms with Gasteiger partial charge in [0, 0.05) is 71.9 Å². The zero-order valence-corrected chi connectivity index (χ0v) is 45.2. The minimum Gasteiger partial charge on any atom is -0.309 e. The normalized spacial score (nSPS) is 26.3. The smallest absolute Gasteiger partial charge is 0.196 e. The highest BCUT2D eigenvalue weighted by Crippen LogP contribution is 2.64. The van der Waals surface area contributed by atoms with E-state index in [4.69, 9.17) is 4.85 Å². The Labute approximate surface area is 445 Å². The van der Waals surface area contributed by atoms with Crippen molar-refractivity contribution in [2.45, 2.75) is 148 Å². The highest BCUT2D eigenvalue weighted by atomic mass is 16.1. The summed E-state index contributed by atoms with van der Waals surface area (Å²) in [5.74, 6) is 3.56. The molecule has 11 aromatic rings. The highest BCUT2D eigenvalue weighted by Gasteiger charge is 2.52. The van der Waals surface area contributed by atoms with E-state index >= 15 is 0 Å². The van der Waals surface area contributed by atoms with Crippen molar-refractivity contribution < 1.29 is 4.79 Å². The Balaban J connectivity index is 1.03. The van der Waals surface area contributed by atoms with E-state index in [0.29, 0.717) is 11.7 Å². The number of fused-ring (bicyclic) bond motifs is 14. The minimum absolute atomic E-state index is 0.000973. The van der Waals surface area contributed by atoms with Gasteiger partial charge in [-0.1, -0.05) is 90.1 Å². The molecule has 0 N–H and O–H groups in total. The molecule has 0 spiro atoms. The van der Waals surface area contributed by atoms with Crippen LogP contribution in [0.5, 0.6) is 0 Å². The highest BCUT2D eigenvalue weighted by molar-refractivity contribution is 6.31. The SMILES string of the molecule is [C-]#[N+]c1c2c(c3c4cc(C(C)(C)C)cc5c6cc7c(cc6n(c3c1CC(C)(C)C)c54)c1cc(C34CC5CC(CC(C5)C3)C4)cc3c4cc5c(c(C)c4n7c13)C(=O)C1CCC5CC1)C1c3ccccc3C2c2ccccc21. The number of aryl methyl sites for hydroxylation is 1. The van der Waals surface area contributed by atoms with Gasteiger partial charge in [0.25, 0.3) is 0 Å². The molecule has 5 fully saturated rings. The number of Topliss-reactive ketones (excluding diaryl/α,β-unsaturated/α-hetero) is 1. The van der Waals surface area contributed by atoms with E-state index in [9.17, 15) is 11.4 Å². The third-order valence-corrected chi connectivity index (χ3v) is 22.0. The van der Waals surface area contributed by atoms with Crippen molar-refractivity contribution in [3.63, 3.8) is 0 Å². The van der Waals surface area contributed by atoms with Crippen LogP contribution in [0.3, 0.4) is 0 Å². The van der Waals surface area contributed by atoms with Crippen LogP contribution in [0.2, 0.25) is 0 Å². The third kappa shape index (κ3) is 5.17. The Hall–Kier alpha value is -6.70. The molecule has 0 radical (unpaired) electrons. The summed E-state index contributed by atoms with van der Waals surface area (Å²) in [7, 11) is 0. The Kier molecular flexibility index (Phi) is 7.93.